The number of nitrogens with zero attached hydrogens (tertiary/aromatic N) is 5. The monoisotopic (exact) mass is 504 g/mol. The van der Waals surface area contributed by atoms with Crippen molar-refractivity contribution in [3.05, 3.63) is 85.2 Å². The van der Waals surface area contributed by atoms with Gasteiger partial charge in [0.05, 0.1) is 34.3 Å². The number of anilines is 1. The molecule has 1 aromatic carbocycles. The van der Waals surface area contributed by atoms with E-state index in [1.165, 1.54) is 12.1 Å². The van der Waals surface area contributed by atoms with Crippen molar-refractivity contribution in [3.8, 4) is 34.0 Å². The molecule has 5 heterocycles. The lowest BCUT2D eigenvalue weighted by Crippen LogP contribution is -2.02. The van der Waals surface area contributed by atoms with Gasteiger partial charge in [0.2, 0.25) is 0 Å². The first-order chi connectivity index (χ1) is 18.4. The standard InChI is InChI=1S/C29H25FN8/c1-16(2)12-17(3)33-21-13-19(14-31-15-21)22-8-9-24-27(34-22)28(38-37-24)29-35-23-10-11-32-25(26(23)36-29)18-4-6-20(30)7-5-18/h4-11,13-16,33H,3,12H2,1-2H3,(H,35,36)(H,37,38). The smallest absolute Gasteiger partial charge is 0.161 e. The molecule has 0 aliphatic rings. The number of benzene rings is 1. The van der Waals surface area contributed by atoms with Gasteiger partial charge in [-0.2, -0.15) is 5.10 Å². The number of aromatic nitrogens is 7. The lowest BCUT2D eigenvalue weighted by molar-refractivity contribution is 0.628. The van der Waals surface area contributed by atoms with Crippen molar-refractivity contribution in [2.75, 3.05) is 5.32 Å². The summed E-state index contributed by atoms with van der Waals surface area (Å²) in [6.07, 6.45) is 6.14. The third-order valence-electron chi connectivity index (χ3n) is 6.16. The Balaban J connectivity index is 1.38. The number of imidazole rings is 1. The van der Waals surface area contributed by atoms with Gasteiger partial charge in [0.1, 0.15) is 16.9 Å². The molecule has 0 aliphatic heterocycles. The molecule has 3 N–H and O–H groups in total. The highest BCUT2D eigenvalue weighted by atomic mass is 19.1. The van der Waals surface area contributed by atoms with Gasteiger partial charge in [-0.25, -0.2) is 14.4 Å². The molecule has 0 bridgehead atoms. The summed E-state index contributed by atoms with van der Waals surface area (Å²) in [4.78, 5) is 21.9. The van der Waals surface area contributed by atoms with E-state index >= 15 is 0 Å². The third-order valence-corrected chi connectivity index (χ3v) is 6.16. The Hall–Kier alpha value is -4.92. The second-order valence-corrected chi connectivity index (χ2v) is 9.60. The third kappa shape index (κ3) is 4.50. The van der Waals surface area contributed by atoms with Crippen LogP contribution in [0.25, 0.3) is 56.1 Å². The van der Waals surface area contributed by atoms with Crippen molar-refractivity contribution >= 4 is 27.8 Å². The minimum absolute atomic E-state index is 0.300. The lowest BCUT2D eigenvalue weighted by Gasteiger charge is -2.12. The van der Waals surface area contributed by atoms with E-state index in [2.05, 4.69) is 50.9 Å². The van der Waals surface area contributed by atoms with Crippen LogP contribution in [0.2, 0.25) is 0 Å². The van der Waals surface area contributed by atoms with E-state index in [9.17, 15) is 4.39 Å². The van der Waals surface area contributed by atoms with Crippen LogP contribution in [0.1, 0.15) is 20.3 Å². The normalized spacial score (nSPS) is 11.5. The molecule has 0 atom stereocenters. The molecular formula is C29H25FN8. The van der Waals surface area contributed by atoms with Gasteiger partial charge in [0, 0.05) is 29.2 Å². The van der Waals surface area contributed by atoms with E-state index in [0.717, 1.165) is 45.7 Å². The van der Waals surface area contributed by atoms with Gasteiger partial charge in [-0.15, -0.1) is 0 Å². The summed E-state index contributed by atoms with van der Waals surface area (Å²) >= 11 is 0. The number of halogens is 1. The van der Waals surface area contributed by atoms with E-state index in [4.69, 9.17) is 9.97 Å². The number of H-pyrrole nitrogens is 2. The maximum Gasteiger partial charge on any atom is 0.161 e. The Bertz CT molecular complexity index is 1780. The quantitative estimate of drug-likeness (QED) is 0.222. The van der Waals surface area contributed by atoms with Crippen molar-refractivity contribution in [1.82, 2.24) is 35.1 Å². The Morgan fingerprint density at radius 1 is 0.947 bits per heavy atom. The number of pyridine rings is 3. The van der Waals surface area contributed by atoms with E-state index in [1.807, 2.05) is 24.3 Å². The molecule has 8 nitrogen and oxygen atoms in total. The van der Waals surface area contributed by atoms with Crippen LogP contribution in [0.15, 0.2) is 79.4 Å². The highest BCUT2D eigenvalue weighted by molar-refractivity contribution is 5.95. The number of nitrogens with one attached hydrogen (secondary N) is 3. The van der Waals surface area contributed by atoms with Crippen molar-refractivity contribution in [2.24, 2.45) is 5.92 Å². The molecule has 0 unspecified atom stereocenters. The second kappa shape index (κ2) is 9.51. The molecule has 5 aromatic heterocycles. The molecule has 0 aliphatic carbocycles. The van der Waals surface area contributed by atoms with Crippen molar-refractivity contribution in [2.45, 2.75) is 20.3 Å². The first kappa shape index (κ1) is 23.5. The Labute approximate surface area is 218 Å². The Morgan fingerprint density at radius 2 is 1.76 bits per heavy atom. The predicted molar refractivity (Wildman–Crippen MR) is 148 cm³/mol. The van der Waals surface area contributed by atoms with Crippen LogP contribution in [-0.4, -0.2) is 35.1 Å². The Kier molecular flexibility index (Phi) is 5.88. The topological polar surface area (TPSA) is 108 Å². The van der Waals surface area contributed by atoms with E-state index in [0.29, 0.717) is 34.2 Å². The summed E-state index contributed by atoms with van der Waals surface area (Å²) in [5.41, 5.74) is 8.40. The lowest BCUT2D eigenvalue weighted by atomic mass is 10.1. The highest BCUT2D eigenvalue weighted by Crippen LogP contribution is 2.31. The number of rotatable bonds is 7. The fraction of sp³-hybridized carbons (Fsp3) is 0.138. The van der Waals surface area contributed by atoms with Crippen LogP contribution < -0.4 is 5.32 Å². The first-order valence-corrected chi connectivity index (χ1v) is 12.3. The molecule has 38 heavy (non-hydrogen) atoms. The van der Waals surface area contributed by atoms with Crippen LogP contribution in [0, 0.1) is 11.7 Å². The van der Waals surface area contributed by atoms with Gasteiger partial charge in [-0.3, -0.25) is 15.1 Å². The van der Waals surface area contributed by atoms with Crippen LogP contribution >= 0.6 is 0 Å². The predicted octanol–water partition coefficient (Wildman–Crippen LogP) is 6.74. The van der Waals surface area contributed by atoms with E-state index < -0.39 is 0 Å². The summed E-state index contributed by atoms with van der Waals surface area (Å²) in [6.45, 7) is 8.44. The number of allylic oxidation sites excluding steroid dienone is 1. The van der Waals surface area contributed by atoms with Crippen LogP contribution in [0.5, 0.6) is 0 Å². The number of aromatic amines is 2. The number of fused-ring (bicyclic) bond motifs is 2. The van der Waals surface area contributed by atoms with Crippen molar-refractivity contribution in [3.63, 3.8) is 0 Å². The minimum Gasteiger partial charge on any atom is -0.358 e. The molecule has 0 radical (unpaired) electrons. The van der Waals surface area contributed by atoms with Gasteiger partial charge in [0.25, 0.3) is 0 Å². The summed E-state index contributed by atoms with van der Waals surface area (Å²) in [6, 6.07) is 13.9. The van der Waals surface area contributed by atoms with E-state index in [-0.39, 0.29) is 5.82 Å². The average molecular weight is 505 g/mol. The second-order valence-electron chi connectivity index (χ2n) is 9.60. The van der Waals surface area contributed by atoms with Gasteiger partial charge in [0.15, 0.2) is 11.5 Å². The maximum absolute atomic E-state index is 13.5. The molecule has 6 aromatic rings. The number of hydrogen-bond donors (Lipinski definition) is 3. The Morgan fingerprint density at radius 3 is 2.58 bits per heavy atom. The number of hydrogen-bond acceptors (Lipinski definition) is 6. The summed E-state index contributed by atoms with van der Waals surface area (Å²) in [5, 5.41) is 10.9. The fourth-order valence-electron chi connectivity index (χ4n) is 4.49. The van der Waals surface area contributed by atoms with Gasteiger partial charge in [-0.1, -0.05) is 20.4 Å². The highest BCUT2D eigenvalue weighted by Gasteiger charge is 2.17. The van der Waals surface area contributed by atoms with Gasteiger partial charge < -0.3 is 10.3 Å². The molecule has 0 fully saturated rings. The molecule has 0 spiro atoms. The van der Waals surface area contributed by atoms with Crippen LogP contribution in [0.3, 0.4) is 0 Å². The zero-order valence-corrected chi connectivity index (χ0v) is 21.0. The molecule has 0 saturated carbocycles. The van der Waals surface area contributed by atoms with Gasteiger partial charge in [-0.05, 0) is 60.9 Å². The fourth-order valence-corrected chi connectivity index (χ4v) is 4.49. The molecule has 0 amide bonds. The summed E-state index contributed by atoms with van der Waals surface area (Å²) in [7, 11) is 0. The minimum atomic E-state index is -0.300. The van der Waals surface area contributed by atoms with Crippen LogP contribution in [0.4, 0.5) is 10.1 Å². The summed E-state index contributed by atoms with van der Waals surface area (Å²) < 4.78 is 13.5. The SMILES string of the molecule is C=C(CC(C)C)Nc1cncc(-c2ccc3[nH]nc(-c4nc5c(-c6ccc(F)cc6)nccc5[nH]4)c3n2)c1. The first-order valence-electron chi connectivity index (χ1n) is 12.3. The van der Waals surface area contributed by atoms with Crippen LogP contribution in [-0.2, 0) is 0 Å². The van der Waals surface area contributed by atoms with Gasteiger partial charge >= 0.3 is 0 Å². The molecule has 9 heteroatoms. The zero-order valence-electron chi connectivity index (χ0n) is 21.0. The van der Waals surface area contributed by atoms with Crippen molar-refractivity contribution in [1.29, 1.82) is 0 Å². The maximum atomic E-state index is 13.5. The molecular weight excluding hydrogens is 479 g/mol. The molecule has 0 saturated heterocycles. The summed E-state index contributed by atoms with van der Waals surface area (Å²) in [5.74, 6) is 0.770. The molecule has 188 valence electrons. The zero-order chi connectivity index (χ0) is 26.2. The molecule has 6 rings (SSSR count). The van der Waals surface area contributed by atoms with E-state index in [1.54, 1.807) is 30.7 Å². The largest absolute Gasteiger partial charge is 0.358 e. The van der Waals surface area contributed by atoms with Crippen molar-refractivity contribution < 1.29 is 4.39 Å². The average Bonchev–Trinajstić information content (AvgIpc) is 3.52.